The van der Waals surface area contributed by atoms with E-state index in [2.05, 4.69) is 13.8 Å². The smallest absolute Gasteiger partial charge is 0.0341 e. The molecule has 0 N–H and O–H groups in total. The van der Waals surface area contributed by atoms with Crippen LogP contribution >= 0.6 is 11.6 Å². The second kappa shape index (κ2) is 3.13. The van der Waals surface area contributed by atoms with Gasteiger partial charge in [0.25, 0.3) is 0 Å². The van der Waals surface area contributed by atoms with E-state index < -0.39 is 0 Å². The zero-order chi connectivity index (χ0) is 7.61. The second-order valence-corrected chi connectivity index (χ2v) is 4.52. The summed E-state index contributed by atoms with van der Waals surface area (Å²) in [4.78, 5) is 0. The second-order valence-electron chi connectivity index (χ2n) is 3.90. The summed E-state index contributed by atoms with van der Waals surface area (Å²) in [6.07, 6.45) is 6.48. The third-order valence-corrected chi connectivity index (χ3v) is 3.00. The molecule has 0 radical (unpaired) electrons. The van der Waals surface area contributed by atoms with Crippen LogP contribution in [0.3, 0.4) is 0 Å². The first-order chi connectivity index (χ1) is 4.66. The first-order valence-electron chi connectivity index (χ1n) is 4.30. The molecule has 0 saturated heterocycles. The van der Waals surface area contributed by atoms with Crippen molar-refractivity contribution in [3.63, 3.8) is 0 Å². The summed E-state index contributed by atoms with van der Waals surface area (Å²) in [5.74, 6) is 0. The minimum Gasteiger partial charge on any atom is -0.123 e. The van der Waals surface area contributed by atoms with Crippen LogP contribution in [0.25, 0.3) is 0 Å². The molecule has 0 spiro atoms. The van der Waals surface area contributed by atoms with Gasteiger partial charge in [-0.15, -0.1) is 11.6 Å². The zero-order valence-corrected chi connectivity index (χ0v) is 7.75. The van der Waals surface area contributed by atoms with Gasteiger partial charge in [0.1, 0.15) is 0 Å². The summed E-state index contributed by atoms with van der Waals surface area (Å²) in [7, 11) is 0. The Bertz CT molecular complexity index is 107. The highest BCUT2D eigenvalue weighted by atomic mass is 35.5. The Labute approximate surface area is 69.0 Å². The van der Waals surface area contributed by atoms with Crippen LogP contribution < -0.4 is 0 Å². The van der Waals surface area contributed by atoms with E-state index in [1.165, 1.54) is 32.1 Å². The van der Waals surface area contributed by atoms with Gasteiger partial charge in [-0.3, -0.25) is 0 Å². The van der Waals surface area contributed by atoms with Crippen molar-refractivity contribution in [3.05, 3.63) is 0 Å². The summed E-state index contributed by atoms with van der Waals surface area (Å²) >= 11 is 6.03. The van der Waals surface area contributed by atoms with Gasteiger partial charge in [-0.2, -0.15) is 0 Å². The van der Waals surface area contributed by atoms with Crippen molar-refractivity contribution in [2.24, 2.45) is 5.41 Å². The molecule has 0 heterocycles. The molecule has 1 saturated carbocycles. The van der Waals surface area contributed by atoms with E-state index in [9.17, 15) is 0 Å². The maximum atomic E-state index is 6.03. The number of hydrogen-bond acceptors (Lipinski definition) is 0. The summed E-state index contributed by atoms with van der Waals surface area (Å²) in [6.45, 7) is 4.63. The SMILES string of the molecule is CCCC1(C)CCC(Cl)C1. The fourth-order valence-electron chi connectivity index (χ4n) is 2.07. The van der Waals surface area contributed by atoms with Crippen molar-refractivity contribution >= 4 is 11.6 Å². The van der Waals surface area contributed by atoms with Crippen molar-refractivity contribution in [3.8, 4) is 0 Å². The lowest BCUT2D eigenvalue weighted by molar-refractivity contribution is 0.305. The van der Waals surface area contributed by atoms with Crippen LogP contribution in [0, 0.1) is 5.41 Å². The summed E-state index contributed by atoms with van der Waals surface area (Å²) < 4.78 is 0. The van der Waals surface area contributed by atoms with Gasteiger partial charge in [0, 0.05) is 5.38 Å². The summed E-state index contributed by atoms with van der Waals surface area (Å²) in [6, 6.07) is 0. The van der Waals surface area contributed by atoms with E-state index in [1.54, 1.807) is 0 Å². The van der Waals surface area contributed by atoms with Gasteiger partial charge in [-0.1, -0.05) is 20.3 Å². The van der Waals surface area contributed by atoms with E-state index in [4.69, 9.17) is 11.6 Å². The largest absolute Gasteiger partial charge is 0.123 e. The van der Waals surface area contributed by atoms with Gasteiger partial charge in [-0.25, -0.2) is 0 Å². The molecule has 0 aromatic carbocycles. The molecule has 0 aromatic heterocycles. The molecule has 1 heteroatoms. The van der Waals surface area contributed by atoms with Gasteiger partial charge in [0.05, 0.1) is 0 Å². The van der Waals surface area contributed by atoms with Crippen LogP contribution in [-0.4, -0.2) is 5.38 Å². The van der Waals surface area contributed by atoms with Gasteiger partial charge in [0.15, 0.2) is 0 Å². The average molecular weight is 161 g/mol. The molecule has 1 aliphatic carbocycles. The quantitative estimate of drug-likeness (QED) is 0.542. The van der Waals surface area contributed by atoms with Crippen molar-refractivity contribution < 1.29 is 0 Å². The highest BCUT2D eigenvalue weighted by molar-refractivity contribution is 6.20. The van der Waals surface area contributed by atoms with E-state index in [0.29, 0.717) is 10.8 Å². The highest BCUT2D eigenvalue weighted by Gasteiger charge is 2.32. The molecular formula is C9H17Cl. The molecule has 0 nitrogen and oxygen atoms in total. The molecule has 0 bridgehead atoms. The average Bonchev–Trinajstić information content (AvgIpc) is 2.12. The van der Waals surface area contributed by atoms with Crippen molar-refractivity contribution in [1.29, 1.82) is 0 Å². The van der Waals surface area contributed by atoms with E-state index in [0.717, 1.165) is 0 Å². The van der Waals surface area contributed by atoms with Gasteiger partial charge in [-0.05, 0) is 31.1 Å². The first-order valence-corrected chi connectivity index (χ1v) is 4.74. The molecule has 2 atom stereocenters. The number of rotatable bonds is 2. The van der Waals surface area contributed by atoms with E-state index in [1.807, 2.05) is 0 Å². The molecule has 1 fully saturated rings. The topological polar surface area (TPSA) is 0 Å². The Hall–Kier alpha value is 0.290. The third kappa shape index (κ3) is 1.88. The fraction of sp³-hybridized carbons (Fsp3) is 1.00. The van der Waals surface area contributed by atoms with Gasteiger partial charge < -0.3 is 0 Å². The number of halogens is 1. The maximum Gasteiger partial charge on any atom is 0.0341 e. The van der Waals surface area contributed by atoms with E-state index >= 15 is 0 Å². The summed E-state index contributed by atoms with van der Waals surface area (Å²) in [5.41, 5.74) is 0.584. The maximum absolute atomic E-state index is 6.03. The van der Waals surface area contributed by atoms with Crippen molar-refractivity contribution in [1.82, 2.24) is 0 Å². The molecule has 10 heavy (non-hydrogen) atoms. The Morgan fingerprint density at radius 2 is 2.30 bits per heavy atom. The van der Waals surface area contributed by atoms with Gasteiger partial charge >= 0.3 is 0 Å². The lowest BCUT2D eigenvalue weighted by Crippen LogP contribution is -2.10. The van der Waals surface area contributed by atoms with Crippen LogP contribution in [0.5, 0.6) is 0 Å². The van der Waals surface area contributed by atoms with Crippen molar-refractivity contribution in [2.45, 2.75) is 51.3 Å². The van der Waals surface area contributed by atoms with Crippen LogP contribution in [0.4, 0.5) is 0 Å². The lowest BCUT2D eigenvalue weighted by Gasteiger charge is -2.22. The molecule has 2 unspecified atom stereocenters. The predicted molar refractivity (Wildman–Crippen MR) is 46.5 cm³/mol. The van der Waals surface area contributed by atoms with Crippen molar-refractivity contribution in [2.75, 3.05) is 0 Å². The molecule has 1 aliphatic rings. The Balaban J connectivity index is 2.38. The molecular weight excluding hydrogens is 144 g/mol. The lowest BCUT2D eigenvalue weighted by atomic mass is 9.84. The van der Waals surface area contributed by atoms with E-state index in [-0.39, 0.29) is 0 Å². The standard InChI is InChI=1S/C9H17Cl/c1-3-5-9(2)6-4-8(10)7-9/h8H,3-7H2,1-2H3. The number of alkyl halides is 1. The molecule has 0 aliphatic heterocycles. The Kier molecular flexibility index (Phi) is 2.62. The molecule has 0 amide bonds. The van der Waals surface area contributed by atoms with Crippen LogP contribution in [-0.2, 0) is 0 Å². The highest BCUT2D eigenvalue weighted by Crippen LogP contribution is 2.43. The van der Waals surface area contributed by atoms with Crippen LogP contribution in [0.2, 0.25) is 0 Å². The molecule has 0 aromatic rings. The number of hydrogen-bond donors (Lipinski definition) is 0. The minimum atomic E-state index is 0.469. The zero-order valence-electron chi connectivity index (χ0n) is 6.99. The monoisotopic (exact) mass is 160 g/mol. The predicted octanol–water partition coefficient (Wildman–Crippen LogP) is 3.58. The summed E-state index contributed by atoms with van der Waals surface area (Å²) in [5, 5.41) is 0.469. The Morgan fingerprint density at radius 1 is 1.60 bits per heavy atom. The molecule has 1 rings (SSSR count). The molecule has 60 valence electrons. The first kappa shape index (κ1) is 8.39. The minimum absolute atomic E-state index is 0.469. The van der Waals surface area contributed by atoms with Crippen LogP contribution in [0.15, 0.2) is 0 Å². The Morgan fingerprint density at radius 3 is 2.70 bits per heavy atom. The van der Waals surface area contributed by atoms with Gasteiger partial charge in [0.2, 0.25) is 0 Å². The fourth-order valence-corrected chi connectivity index (χ4v) is 2.56. The third-order valence-electron chi connectivity index (χ3n) is 2.63. The van der Waals surface area contributed by atoms with Crippen LogP contribution in [0.1, 0.15) is 46.0 Å². The normalized spacial score (nSPS) is 40.5.